The highest BCUT2D eigenvalue weighted by molar-refractivity contribution is 4.94. The zero-order valence-electron chi connectivity index (χ0n) is 8.40. The Morgan fingerprint density at radius 3 is 2.67 bits per heavy atom. The molecule has 1 aliphatic carbocycles. The Labute approximate surface area is 76.2 Å². The molecule has 1 rings (SSSR count). The molecule has 0 heterocycles. The van der Waals surface area contributed by atoms with Crippen molar-refractivity contribution in [3.05, 3.63) is 12.7 Å². The van der Waals surface area contributed by atoms with Crippen LogP contribution in [0.5, 0.6) is 0 Å². The minimum absolute atomic E-state index is 0.376. The molecule has 0 aromatic heterocycles. The number of rotatable bonds is 6. The van der Waals surface area contributed by atoms with Crippen molar-refractivity contribution in [3.8, 4) is 0 Å². The van der Waals surface area contributed by atoms with Crippen LogP contribution >= 0.6 is 0 Å². The van der Waals surface area contributed by atoms with Crippen LogP contribution in [0.4, 0.5) is 0 Å². The Hall–Kier alpha value is -0.300. The second kappa shape index (κ2) is 4.08. The Bertz CT molecular complexity index is 145. The van der Waals surface area contributed by atoms with Gasteiger partial charge >= 0.3 is 0 Å². The molecule has 0 unspecified atom stereocenters. The summed E-state index contributed by atoms with van der Waals surface area (Å²) in [5.74, 6) is 0.932. The SMILES string of the molecule is C=CCCCNC(C)(C)C1CC1. The van der Waals surface area contributed by atoms with Gasteiger partial charge in [0.25, 0.3) is 0 Å². The average molecular weight is 167 g/mol. The Morgan fingerprint density at radius 1 is 1.50 bits per heavy atom. The fraction of sp³-hybridized carbons (Fsp3) is 0.818. The predicted molar refractivity (Wildman–Crippen MR) is 54.2 cm³/mol. The molecule has 0 spiro atoms. The van der Waals surface area contributed by atoms with Gasteiger partial charge < -0.3 is 5.32 Å². The fourth-order valence-corrected chi connectivity index (χ4v) is 1.61. The maximum absolute atomic E-state index is 3.71. The smallest absolute Gasteiger partial charge is 0.0153 e. The molecule has 1 aliphatic rings. The van der Waals surface area contributed by atoms with Crippen LogP contribution in [-0.2, 0) is 0 Å². The van der Waals surface area contributed by atoms with Gasteiger partial charge in [0.2, 0.25) is 0 Å². The summed E-state index contributed by atoms with van der Waals surface area (Å²) >= 11 is 0. The second-order valence-corrected chi connectivity index (χ2v) is 4.35. The van der Waals surface area contributed by atoms with Crippen LogP contribution in [0.2, 0.25) is 0 Å². The van der Waals surface area contributed by atoms with E-state index in [4.69, 9.17) is 0 Å². The van der Waals surface area contributed by atoms with E-state index in [2.05, 4.69) is 25.7 Å². The third-order valence-electron chi connectivity index (χ3n) is 2.76. The summed E-state index contributed by atoms with van der Waals surface area (Å²) < 4.78 is 0. The zero-order valence-corrected chi connectivity index (χ0v) is 8.40. The average Bonchev–Trinajstić information content (AvgIpc) is 2.80. The van der Waals surface area contributed by atoms with Gasteiger partial charge in [0.05, 0.1) is 0 Å². The number of unbranched alkanes of at least 4 members (excludes halogenated alkanes) is 1. The number of nitrogens with one attached hydrogen (secondary N) is 1. The molecule has 70 valence electrons. The van der Waals surface area contributed by atoms with E-state index in [0.717, 1.165) is 18.9 Å². The van der Waals surface area contributed by atoms with Gasteiger partial charge in [-0.05, 0) is 52.0 Å². The maximum Gasteiger partial charge on any atom is 0.0153 e. The minimum Gasteiger partial charge on any atom is -0.312 e. The van der Waals surface area contributed by atoms with Crippen molar-refractivity contribution in [3.63, 3.8) is 0 Å². The van der Waals surface area contributed by atoms with Gasteiger partial charge in [-0.1, -0.05) is 6.08 Å². The lowest BCUT2D eigenvalue weighted by molar-refractivity contribution is 0.341. The van der Waals surface area contributed by atoms with Gasteiger partial charge in [0, 0.05) is 5.54 Å². The standard InChI is InChI=1S/C11H21N/c1-4-5-6-9-12-11(2,3)10-7-8-10/h4,10,12H,1,5-9H2,2-3H3. The van der Waals surface area contributed by atoms with Gasteiger partial charge in [-0.25, -0.2) is 0 Å². The van der Waals surface area contributed by atoms with E-state index in [-0.39, 0.29) is 0 Å². The lowest BCUT2D eigenvalue weighted by atomic mass is 9.99. The van der Waals surface area contributed by atoms with Crippen molar-refractivity contribution in [2.75, 3.05) is 6.54 Å². The highest BCUT2D eigenvalue weighted by Crippen LogP contribution is 2.39. The van der Waals surface area contributed by atoms with Gasteiger partial charge in [-0.2, -0.15) is 0 Å². The van der Waals surface area contributed by atoms with Crippen molar-refractivity contribution in [2.24, 2.45) is 5.92 Å². The van der Waals surface area contributed by atoms with Crippen molar-refractivity contribution < 1.29 is 0 Å². The number of allylic oxidation sites excluding steroid dienone is 1. The maximum atomic E-state index is 3.71. The molecule has 12 heavy (non-hydrogen) atoms. The van der Waals surface area contributed by atoms with Crippen molar-refractivity contribution >= 4 is 0 Å². The molecule has 1 saturated carbocycles. The van der Waals surface area contributed by atoms with E-state index >= 15 is 0 Å². The van der Waals surface area contributed by atoms with E-state index in [1.807, 2.05) is 6.08 Å². The highest BCUT2D eigenvalue weighted by Gasteiger charge is 2.36. The van der Waals surface area contributed by atoms with Crippen molar-refractivity contribution in [2.45, 2.75) is 45.1 Å². The number of hydrogen-bond donors (Lipinski definition) is 1. The molecule has 0 saturated heterocycles. The second-order valence-electron chi connectivity index (χ2n) is 4.35. The Morgan fingerprint density at radius 2 is 2.17 bits per heavy atom. The molecule has 1 N–H and O–H groups in total. The third-order valence-corrected chi connectivity index (χ3v) is 2.76. The van der Waals surface area contributed by atoms with Crippen LogP contribution < -0.4 is 5.32 Å². The lowest BCUT2D eigenvalue weighted by Gasteiger charge is -2.26. The van der Waals surface area contributed by atoms with Gasteiger partial charge in [-0.15, -0.1) is 6.58 Å². The fourth-order valence-electron chi connectivity index (χ4n) is 1.61. The molecule has 0 aromatic rings. The van der Waals surface area contributed by atoms with Crippen LogP contribution in [0.1, 0.15) is 39.5 Å². The first-order valence-corrected chi connectivity index (χ1v) is 5.03. The van der Waals surface area contributed by atoms with Crippen LogP contribution in [0.15, 0.2) is 12.7 Å². The first kappa shape index (κ1) is 9.79. The topological polar surface area (TPSA) is 12.0 Å². The predicted octanol–water partition coefficient (Wildman–Crippen LogP) is 2.73. The van der Waals surface area contributed by atoms with E-state index in [0.29, 0.717) is 5.54 Å². The van der Waals surface area contributed by atoms with Crippen molar-refractivity contribution in [1.29, 1.82) is 0 Å². The van der Waals surface area contributed by atoms with Gasteiger partial charge in [0.15, 0.2) is 0 Å². The summed E-state index contributed by atoms with van der Waals surface area (Å²) in [6.45, 7) is 9.48. The molecular formula is C11H21N. The summed E-state index contributed by atoms with van der Waals surface area (Å²) in [6, 6.07) is 0. The largest absolute Gasteiger partial charge is 0.312 e. The van der Waals surface area contributed by atoms with E-state index in [1.165, 1.54) is 19.3 Å². The lowest BCUT2D eigenvalue weighted by Crippen LogP contribution is -2.41. The van der Waals surface area contributed by atoms with Crippen LogP contribution in [0.25, 0.3) is 0 Å². The normalized spacial score (nSPS) is 17.8. The summed E-state index contributed by atoms with van der Waals surface area (Å²) in [6.07, 6.45) is 7.18. The Balaban J connectivity index is 2.07. The van der Waals surface area contributed by atoms with E-state index in [9.17, 15) is 0 Å². The minimum atomic E-state index is 0.376. The molecule has 0 atom stereocenters. The quantitative estimate of drug-likeness (QED) is 0.474. The first-order valence-electron chi connectivity index (χ1n) is 5.03. The summed E-state index contributed by atoms with van der Waals surface area (Å²) in [7, 11) is 0. The molecule has 0 bridgehead atoms. The molecule has 0 amide bonds. The highest BCUT2D eigenvalue weighted by atomic mass is 15.0. The first-order chi connectivity index (χ1) is 5.67. The summed E-state index contributed by atoms with van der Waals surface area (Å²) in [5, 5.41) is 3.61. The molecule has 0 aliphatic heterocycles. The van der Waals surface area contributed by atoms with Crippen LogP contribution in [-0.4, -0.2) is 12.1 Å². The van der Waals surface area contributed by atoms with Crippen LogP contribution in [0.3, 0.4) is 0 Å². The molecule has 1 heteroatoms. The van der Waals surface area contributed by atoms with Gasteiger partial charge in [0.1, 0.15) is 0 Å². The molecule has 1 nitrogen and oxygen atoms in total. The van der Waals surface area contributed by atoms with Crippen molar-refractivity contribution in [1.82, 2.24) is 5.32 Å². The third kappa shape index (κ3) is 2.98. The zero-order chi connectivity index (χ0) is 9.03. The van der Waals surface area contributed by atoms with E-state index < -0.39 is 0 Å². The van der Waals surface area contributed by atoms with E-state index in [1.54, 1.807) is 0 Å². The monoisotopic (exact) mass is 167 g/mol. The number of hydrogen-bond acceptors (Lipinski definition) is 1. The summed E-state index contributed by atoms with van der Waals surface area (Å²) in [5.41, 5.74) is 0.376. The molecule has 0 aromatic carbocycles. The summed E-state index contributed by atoms with van der Waals surface area (Å²) in [4.78, 5) is 0. The molecule has 0 radical (unpaired) electrons. The van der Waals surface area contributed by atoms with Gasteiger partial charge in [-0.3, -0.25) is 0 Å². The molecular weight excluding hydrogens is 146 g/mol. The van der Waals surface area contributed by atoms with Crippen LogP contribution in [0, 0.1) is 5.92 Å². The molecule has 1 fully saturated rings. The Kier molecular flexibility index (Phi) is 3.33.